The van der Waals surface area contributed by atoms with Crippen molar-refractivity contribution in [3.8, 4) is 11.5 Å². The van der Waals surface area contributed by atoms with Gasteiger partial charge in [-0.2, -0.15) is 0 Å². The lowest BCUT2D eigenvalue weighted by atomic mass is 10.2. The van der Waals surface area contributed by atoms with Crippen LogP contribution in [0.25, 0.3) is 0 Å². The number of amides is 1. The zero-order valence-electron chi connectivity index (χ0n) is 12.8. The number of aromatic hydroxyl groups is 1. The van der Waals surface area contributed by atoms with Crippen LogP contribution in [0, 0.1) is 0 Å². The zero-order valence-corrected chi connectivity index (χ0v) is 14.4. The molecule has 126 valence electrons. The zero-order chi connectivity index (χ0) is 17.3. The number of sulfonamides is 1. The summed E-state index contributed by atoms with van der Waals surface area (Å²) in [5.41, 5.74) is -0.0247. The number of carbonyl (C=O) groups excluding carboxylic acids is 1. The van der Waals surface area contributed by atoms with Crippen LogP contribution < -0.4 is 4.74 Å². The summed E-state index contributed by atoms with van der Waals surface area (Å²) >= 11 is 1.24. The van der Waals surface area contributed by atoms with Gasteiger partial charge in [-0.05, 0) is 19.1 Å². The minimum atomic E-state index is -4.01. The molecule has 1 aliphatic heterocycles. The maximum atomic E-state index is 12.6. The molecule has 1 amide bonds. The minimum Gasteiger partial charge on any atom is -0.508 e. The predicted molar refractivity (Wildman–Crippen MR) is 89.8 cm³/mol. The second kappa shape index (κ2) is 6.37. The Bertz CT molecular complexity index is 881. The Balaban J connectivity index is 1.96. The number of thioether (sulfide) groups is 1. The van der Waals surface area contributed by atoms with Gasteiger partial charge in [-0.1, -0.05) is 18.2 Å². The van der Waals surface area contributed by atoms with E-state index in [9.17, 15) is 18.3 Å². The lowest BCUT2D eigenvalue weighted by molar-refractivity contribution is 0.0883. The van der Waals surface area contributed by atoms with Crippen LogP contribution in [0.4, 0.5) is 0 Å². The summed E-state index contributed by atoms with van der Waals surface area (Å²) in [4.78, 5) is 13.2. The first kappa shape index (κ1) is 16.7. The molecule has 0 bridgehead atoms. The van der Waals surface area contributed by atoms with Gasteiger partial charge in [0.05, 0.1) is 12.5 Å². The van der Waals surface area contributed by atoms with E-state index in [-0.39, 0.29) is 34.4 Å². The van der Waals surface area contributed by atoms with Crippen molar-refractivity contribution in [2.75, 3.05) is 12.5 Å². The first-order valence-electron chi connectivity index (χ1n) is 7.20. The molecular formula is C16H15NO5S2. The summed E-state index contributed by atoms with van der Waals surface area (Å²) in [6.07, 6.45) is 0. The minimum absolute atomic E-state index is 0.0247. The van der Waals surface area contributed by atoms with E-state index in [0.717, 1.165) is 15.3 Å². The van der Waals surface area contributed by atoms with Gasteiger partial charge in [0.25, 0.3) is 15.9 Å². The SMILES string of the molecule is CCOc1cc(O)cc2c1C(=O)N(CSc1ccccc1)S2(=O)=O. The Morgan fingerprint density at radius 3 is 2.58 bits per heavy atom. The highest BCUT2D eigenvalue weighted by Gasteiger charge is 2.44. The standard InChI is InChI=1S/C16H15NO5S2/c1-2-22-13-8-11(18)9-14-15(13)16(19)17(24(14,20)21)10-23-12-6-4-3-5-7-12/h3-9,18H,2,10H2,1H3. The van der Waals surface area contributed by atoms with Crippen LogP contribution in [-0.4, -0.2) is 36.2 Å². The topological polar surface area (TPSA) is 83.9 Å². The molecule has 0 spiro atoms. The van der Waals surface area contributed by atoms with Gasteiger partial charge in [0.1, 0.15) is 22.0 Å². The number of nitrogens with zero attached hydrogens (tertiary/aromatic N) is 1. The Kier molecular flexibility index (Phi) is 4.42. The van der Waals surface area contributed by atoms with Gasteiger partial charge in [0.2, 0.25) is 0 Å². The van der Waals surface area contributed by atoms with Crippen LogP contribution in [0.3, 0.4) is 0 Å². The number of hydrogen-bond acceptors (Lipinski definition) is 6. The third kappa shape index (κ3) is 2.83. The van der Waals surface area contributed by atoms with E-state index < -0.39 is 15.9 Å². The number of phenols is 1. The second-order valence-corrected chi connectivity index (χ2v) is 7.84. The molecule has 0 saturated heterocycles. The number of hydrogen-bond donors (Lipinski definition) is 1. The van der Waals surface area contributed by atoms with Gasteiger partial charge in [-0.25, -0.2) is 12.7 Å². The lowest BCUT2D eigenvalue weighted by Gasteiger charge is -2.14. The van der Waals surface area contributed by atoms with Gasteiger partial charge in [0, 0.05) is 17.0 Å². The average Bonchev–Trinajstić information content (AvgIpc) is 2.73. The molecule has 24 heavy (non-hydrogen) atoms. The van der Waals surface area contributed by atoms with E-state index >= 15 is 0 Å². The summed E-state index contributed by atoms with van der Waals surface area (Å²) in [5.74, 6) is -0.872. The highest BCUT2D eigenvalue weighted by atomic mass is 32.2. The number of ether oxygens (including phenoxy) is 1. The highest BCUT2D eigenvalue weighted by Crippen LogP contribution is 2.40. The molecule has 0 radical (unpaired) electrons. The van der Waals surface area contributed by atoms with Crippen LogP contribution in [0.1, 0.15) is 17.3 Å². The van der Waals surface area contributed by atoms with Gasteiger partial charge in [-0.3, -0.25) is 4.79 Å². The first-order valence-corrected chi connectivity index (χ1v) is 9.62. The van der Waals surface area contributed by atoms with E-state index in [0.29, 0.717) is 0 Å². The second-order valence-electron chi connectivity index (χ2n) is 5.00. The molecular weight excluding hydrogens is 350 g/mol. The van der Waals surface area contributed by atoms with E-state index in [4.69, 9.17) is 4.74 Å². The third-order valence-corrected chi connectivity index (χ3v) is 6.36. The van der Waals surface area contributed by atoms with Crippen molar-refractivity contribution in [2.24, 2.45) is 0 Å². The number of fused-ring (bicyclic) bond motifs is 1. The van der Waals surface area contributed by atoms with Gasteiger partial charge < -0.3 is 9.84 Å². The molecule has 0 aliphatic carbocycles. The predicted octanol–water partition coefficient (Wildman–Crippen LogP) is 2.69. The largest absolute Gasteiger partial charge is 0.508 e. The van der Waals surface area contributed by atoms with Crippen molar-refractivity contribution in [1.29, 1.82) is 0 Å². The number of phenolic OH excluding ortho intramolecular Hbond substituents is 1. The molecule has 0 saturated carbocycles. The van der Waals surface area contributed by atoms with Crippen molar-refractivity contribution in [1.82, 2.24) is 4.31 Å². The van der Waals surface area contributed by atoms with Gasteiger partial charge in [-0.15, -0.1) is 11.8 Å². The Hall–Kier alpha value is -2.19. The highest BCUT2D eigenvalue weighted by molar-refractivity contribution is 8.00. The molecule has 3 rings (SSSR count). The van der Waals surface area contributed by atoms with Crippen molar-refractivity contribution >= 4 is 27.7 Å². The molecule has 8 heteroatoms. The van der Waals surface area contributed by atoms with Crippen molar-refractivity contribution < 1.29 is 23.1 Å². The summed E-state index contributed by atoms with van der Waals surface area (Å²) < 4.78 is 31.4. The molecule has 2 aromatic rings. The Morgan fingerprint density at radius 1 is 1.21 bits per heavy atom. The number of carbonyl (C=O) groups is 1. The normalized spacial score (nSPS) is 15.4. The molecule has 0 atom stereocenters. The van der Waals surface area contributed by atoms with Crippen LogP contribution in [0.15, 0.2) is 52.3 Å². The molecule has 0 aromatic heterocycles. The van der Waals surface area contributed by atoms with Crippen molar-refractivity contribution in [3.63, 3.8) is 0 Å². The quantitative estimate of drug-likeness (QED) is 0.820. The first-order chi connectivity index (χ1) is 11.4. The Labute approximate surface area is 144 Å². The fraction of sp³-hybridized carbons (Fsp3) is 0.188. The summed E-state index contributed by atoms with van der Waals surface area (Å²) in [5, 5.41) is 9.74. The molecule has 6 nitrogen and oxygen atoms in total. The lowest BCUT2D eigenvalue weighted by Crippen LogP contribution is -2.29. The van der Waals surface area contributed by atoms with Crippen LogP contribution in [-0.2, 0) is 10.0 Å². The molecule has 2 aromatic carbocycles. The van der Waals surface area contributed by atoms with E-state index in [2.05, 4.69) is 0 Å². The fourth-order valence-corrected chi connectivity index (χ4v) is 5.10. The van der Waals surface area contributed by atoms with E-state index in [1.807, 2.05) is 30.3 Å². The molecule has 1 N–H and O–H groups in total. The molecule has 0 unspecified atom stereocenters. The Morgan fingerprint density at radius 2 is 1.92 bits per heavy atom. The van der Waals surface area contributed by atoms with Gasteiger partial charge in [0.15, 0.2) is 0 Å². The smallest absolute Gasteiger partial charge is 0.273 e. The fourth-order valence-electron chi connectivity index (χ4n) is 2.39. The van der Waals surface area contributed by atoms with Crippen LogP contribution in [0.5, 0.6) is 11.5 Å². The summed E-state index contributed by atoms with van der Waals surface area (Å²) in [6.45, 7) is 1.97. The maximum Gasteiger partial charge on any atom is 0.273 e. The van der Waals surface area contributed by atoms with Gasteiger partial charge >= 0.3 is 0 Å². The third-order valence-electron chi connectivity index (χ3n) is 3.45. The van der Waals surface area contributed by atoms with Crippen molar-refractivity contribution in [3.05, 3.63) is 48.0 Å². The van der Waals surface area contributed by atoms with Crippen molar-refractivity contribution in [2.45, 2.75) is 16.7 Å². The summed E-state index contributed by atoms with van der Waals surface area (Å²) in [6, 6.07) is 11.5. The van der Waals surface area contributed by atoms with Crippen LogP contribution >= 0.6 is 11.8 Å². The average molecular weight is 365 g/mol. The molecule has 0 fully saturated rings. The van der Waals surface area contributed by atoms with E-state index in [1.54, 1.807) is 6.92 Å². The van der Waals surface area contributed by atoms with Crippen LogP contribution in [0.2, 0.25) is 0 Å². The maximum absolute atomic E-state index is 12.6. The monoisotopic (exact) mass is 365 g/mol. The molecule has 1 aliphatic rings. The van der Waals surface area contributed by atoms with E-state index in [1.165, 1.54) is 17.8 Å². The number of benzene rings is 2. The molecule has 1 heterocycles. The summed E-state index contributed by atoms with van der Waals surface area (Å²) in [7, 11) is -4.01. The number of rotatable bonds is 5.